The maximum Gasteiger partial charge on any atom is 0.234 e. The number of H-pyrrole nitrogens is 1. The topological polar surface area (TPSA) is 86.4 Å². The average Bonchev–Trinajstić information content (AvgIpc) is 3.22. The van der Waals surface area contributed by atoms with E-state index in [1.54, 1.807) is 12.4 Å². The fourth-order valence-electron chi connectivity index (χ4n) is 4.20. The standard InChI is InChI=1S/C21H30N6O2/c28-20(23-12-17-3-1-5-22-11-17)16-27-6-2-4-18(14-27)21-19(13-24-25-21)15-26-7-9-29-10-8-26/h1,3,5,11,13,18H,2,4,6-10,12,14-16H2,(H,23,28)(H,24,25). The number of aromatic amines is 1. The van der Waals surface area contributed by atoms with Gasteiger partial charge in [-0.05, 0) is 31.0 Å². The van der Waals surface area contributed by atoms with Crippen molar-refractivity contribution in [3.8, 4) is 0 Å². The van der Waals surface area contributed by atoms with Crippen molar-refractivity contribution in [2.75, 3.05) is 45.9 Å². The van der Waals surface area contributed by atoms with Gasteiger partial charge in [0.15, 0.2) is 0 Å². The van der Waals surface area contributed by atoms with E-state index in [0.29, 0.717) is 19.0 Å². The van der Waals surface area contributed by atoms with Crippen molar-refractivity contribution >= 4 is 5.91 Å². The zero-order valence-electron chi connectivity index (χ0n) is 16.8. The highest BCUT2D eigenvalue weighted by Crippen LogP contribution is 2.28. The Morgan fingerprint density at radius 2 is 2.14 bits per heavy atom. The molecule has 8 heteroatoms. The van der Waals surface area contributed by atoms with Gasteiger partial charge in [0.05, 0.1) is 26.0 Å². The third-order valence-electron chi connectivity index (χ3n) is 5.74. The van der Waals surface area contributed by atoms with Gasteiger partial charge in [0.1, 0.15) is 0 Å². The molecule has 8 nitrogen and oxygen atoms in total. The molecule has 2 aromatic heterocycles. The Kier molecular flexibility index (Phi) is 6.87. The lowest BCUT2D eigenvalue weighted by Crippen LogP contribution is -2.42. The Morgan fingerprint density at radius 3 is 2.97 bits per heavy atom. The van der Waals surface area contributed by atoms with E-state index in [-0.39, 0.29) is 5.91 Å². The van der Waals surface area contributed by atoms with Crippen LogP contribution in [0.2, 0.25) is 0 Å². The van der Waals surface area contributed by atoms with Crippen molar-refractivity contribution in [1.29, 1.82) is 0 Å². The van der Waals surface area contributed by atoms with E-state index < -0.39 is 0 Å². The number of rotatable bonds is 7. The number of carbonyl (C=O) groups is 1. The minimum atomic E-state index is 0.0626. The molecule has 1 amide bonds. The molecular formula is C21H30N6O2. The maximum absolute atomic E-state index is 12.4. The Bertz CT molecular complexity index is 774. The number of morpholine rings is 1. The summed E-state index contributed by atoms with van der Waals surface area (Å²) in [4.78, 5) is 21.2. The first-order valence-electron chi connectivity index (χ1n) is 10.5. The second-order valence-corrected chi connectivity index (χ2v) is 7.91. The molecule has 0 aromatic carbocycles. The molecule has 0 aliphatic carbocycles. The molecule has 0 bridgehead atoms. The highest BCUT2D eigenvalue weighted by Gasteiger charge is 2.26. The second kappa shape index (κ2) is 9.96. The van der Waals surface area contributed by atoms with Crippen LogP contribution in [0.3, 0.4) is 0 Å². The minimum Gasteiger partial charge on any atom is -0.379 e. The first kappa shape index (κ1) is 20.0. The lowest BCUT2D eigenvalue weighted by molar-refractivity contribution is -0.122. The molecule has 156 valence electrons. The molecule has 1 atom stereocenters. The number of nitrogens with zero attached hydrogens (tertiary/aromatic N) is 4. The number of hydrogen-bond donors (Lipinski definition) is 2. The molecule has 0 spiro atoms. The summed E-state index contributed by atoms with van der Waals surface area (Å²) >= 11 is 0. The van der Waals surface area contributed by atoms with Crippen molar-refractivity contribution in [1.82, 2.24) is 30.3 Å². The number of nitrogens with one attached hydrogen (secondary N) is 2. The van der Waals surface area contributed by atoms with E-state index in [0.717, 1.165) is 64.3 Å². The Balaban J connectivity index is 1.29. The van der Waals surface area contributed by atoms with E-state index in [1.165, 1.54) is 11.3 Å². The summed E-state index contributed by atoms with van der Waals surface area (Å²) in [5, 5.41) is 10.6. The molecule has 2 aliphatic heterocycles. The number of hydrogen-bond acceptors (Lipinski definition) is 6. The summed E-state index contributed by atoms with van der Waals surface area (Å²) < 4.78 is 5.45. The van der Waals surface area contributed by atoms with Gasteiger partial charge in [-0.2, -0.15) is 5.10 Å². The van der Waals surface area contributed by atoms with E-state index in [2.05, 4.69) is 30.3 Å². The summed E-state index contributed by atoms with van der Waals surface area (Å²) in [5.41, 5.74) is 3.53. The van der Waals surface area contributed by atoms with Crippen LogP contribution >= 0.6 is 0 Å². The number of likely N-dealkylation sites (tertiary alicyclic amines) is 1. The number of piperidine rings is 1. The maximum atomic E-state index is 12.4. The van der Waals surface area contributed by atoms with Crippen LogP contribution in [-0.4, -0.2) is 76.8 Å². The van der Waals surface area contributed by atoms with Crippen LogP contribution in [0.25, 0.3) is 0 Å². The first-order chi connectivity index (χ1) is 14.3. The first-order valence-corrected chi connectivity index (χ1v) is 10.5. The predicted octanol–water partition coefficient (Wildman–Crippen LogP) is 1.13. The third-order valence-corrected chi connectivity index (χ3v) is 5.74. The van der Waals surface area contributed by atoms with Gasteiger partial charge in [-0.3, -0.25) is 24.7 Å². The summed E-state index contributed by atoms with van der Waals surface area (Å²) in [6.45, 7) is 7.27. The highest BCUT2D eigenvalue weighted by molar-refractivity contribution is 5.78. The fraction of sp³-hybridized carbons (Fsp3) is 0.571. The van der Waals surface area contributed by atoms with Gasteiger partial charge in [-0.15, -0.1) is 0 Å². The van der Waals surface area contributed by atoms with Gasteiger partial charge in [-0.1, -0.05) is 6.07 Å². The molecule has 1 unspecified atom stereocenters. The molecule has 29 heavy (non-hydrogen) atoms. The molecule has 0 radical (unpaired) electrons. The van der Waals surface area contributed by atoms with Crippen molar-refractivity contribution in [2.24, 2.45) is 0 Å². The summed E-state index contributed by atoms with van der Waals surface area (Å²) in [6, 6.07) is 3.86. The molecule has 2 fully saturated rings. The number of carbonyl (C=O) groups excluding carboxylic acids is 1. The quantitative estimate of drug-likeness (QED) is 0.727. The summed E-state index contributed by atoms with van der Waals surface area (Å²) in [7, 11) is 0. The molecule has 4 rings (SSSR count). The zero-order chi connectivity index (χ0) is 19.9. The van der Waals surface area contributed by atoms with Gasteiger partial charge in [0, 0.05) is 62.3 Å². The van der Waals surface area contributed by atoms with E-state index in [4.69, 9.17) is 4.74 Å². The summed E-state index contributed by atoms with van der Waals surface area (Å²) in [5.74, 6) is 0.459. The van der Waals surface area contributed by atoms with Crippen molar-refractivity contribution in [3.63, 3.8) is 0 Å². The molecule has 0 saturated carbocycles. The van der Waals surface area contributed by atoms with Crippen LogP contribution in [-0.2, 0) is 22.6 Å². The normalized spacial score (nSPS) is 21.2. The van der Waals surface area contributed by atoms with E-state index in [9.17, 15) is 4.79 Å². The molecule has 2 aliphatic rings. The second-order valence-electron chi connectivity index (χ2n) is 7.91. The highest BCUT2D eigenvalue weighted by atomic mass is 16.5. The smallest absolute Gasteiger partial charge is 0.234 e. The van der Waals surface area contributed by atoms with Crippen LogP contribution < -0.4 is 5.32 Å². The third kappa shape index (κ3) is 5.62. The van der Waals surface area contributed by atoms with Crippen LogP contribution in [0, 0.1) is 0 Å². The monoisotopic (exact) mass is 398 g/mol. The number of amides is 1. The lowest BCUT2D eigenvalue weighted by Gasteiger charge is -2.33. The molecule has 2 saturated heterocycles. The van der Waals surface area contributed by atoms with Crippen molar-refractivity contribution in [2.45, 2.75) is 31.8 Å². The minimum absolute atomic E-state index is 0.0626. The van der Waals surface area contributed by atoms with Crippen LogP contribution in [0.5, 0.6) is 0 Å². The van der Waals surface area contributed by atoms with Gasteiger partial charge < -0.3 is 10.1 Å². The van der Waals surface area contributed by atoms with Crippen LogP contribution in [0.15, 0.2) is 30.7 Å². The van der Waals surface area contributed by atoms with E-state index >= 15 is 0 Å². The molecule has 4 heterocycles. The fourth-order valence-corrected chi connectivity index (χ4v) is 4.20. The van der Waals surface area contributed by atoms with Crippen LogP contribution in [0.1, 0.15) is 35.6 Å². The largest absolute Gasteiger partial charge is 0.379 e. The molecular weight excluding hydrogens is 368 g/mol. The Morgan fingerprint density at radius 1 is 1.24 bits per heavy atom. The SMILES string of the molecule is O=C(CN1CCCC(c2[nH]ncc2CN2CCOCC2)C1)NCc1cccnc1. The van der Waals surface area contributed by atoms with Crippen molar-refractivity contribution < 1.29 is 9.53 Å². The number of ether oxygens (including phenoxy) is 1. The number of aromatic nitrogens is 3. The van der Waals surface area contributed by atoms with Gasteiger partial charge in [-0.25, -0.2) is 0 Å². The van der Waals surface area contributed by atoms with Gasteiger partial charge >= 0.3 is 0 Å². The Hall–Kier alpha value is -2.29. The molecule has 2 N–H and O–H groups in total. The number of pyridine rings is 1. The predicted molar refractivity (Wildman–Crippen MR) is 109 cm³/mol. The van der Waals surface area contributed by atoms with Crippen LogP contribution in [0.4, 0.5) is 0 Å². The van der Waals surface area contributed by atoms with Crippen molar-refractivity contribution in [3.05, 3.63) is 47.5 Å². The average molecular weight is 399 g/mol. The zero-order valence-corrected chi connectivity index (χ0v) is 16.8. The Labute approximate surface area is 171 Å². The molecule has 2 aromatic rings. The lowest BCUT2D eigenvalue weighted by atomic mass is 9.92. The van der Waals surface area contributed by atoms with E-state index in [1.807, 2.05) is 18.3 Å². The summed E-state index contributed by atoms with van der Waals surface area (Å²) in [6.07, 6.45) is 7.71. The van der Waals surface area contributed by atoms with Gasteiger partial charge in [0.2, 0.25) is 5.91 Å². The van der Waals surface area contributed by atoms with Gasteiger partial charge in [0.25, 0.3) is 0 Å².